The van der Waals surface area contributed by atoms with Crippen molar-refractivity contribution < 1.29 is 14.6 Å². The van der Waals surface area contributed by atoms with E-state index in [1.165, 1.54) is 18.4 Å². The van der Waals surface area contributed by atoms with Gasteiger partial charge in [-0.25, -0.2) is 0 Å². The molecule has 3 nitrogen and oxygen atoms in total. The number of hydrogen-bond donors (Lipinski definition) is 1. The first kappa shape index (κ1) is 19.5. The number of benzene rings is 1. The number of ether oxygens (including phenoxy) is 2. The molecule has 1 aromatic carbocycles. The van der Waals surface area contributed by atoms with Crippen molar-refractivity contribution in [1.29, 1.82) is 0 Å². The molecule has 1 saturated carbocycles. The number of rotatable bonds is 4. The summed E-state index contributed by atoms with van der Waals surface area (Å²) in [6.45, 7) is 14.2. The molecule has 0 aromatic heterocycles. The van der Waals surface area contributed by atoms with Crippen LogP contribution in [0.2, 0.25) is 0 Å². The third-order valence-electron chi connectivity index (χ3n) is 7.11. The molecule has 1 unspecified atom stereocenters. The van der Waals surface area contributed by atoms with Crippen LogP contribution in [0.25, 0.3) is 0 Å². The minimum Gasteiger partial charge on any atom is -0.504 e. The molecule has 3 atom stereocenters. The first-order chi connectivity index (χ1) is 12.2. The molecular weight excluding hydrogens is 324 g/mol. The zero-order chi connectivity index (χ0) is 19.3. The predicted molar refractivity (Wildman–Crippen MR) is 106 cm³/mol. The van der Waals surface area contributed by atoms with Crippen molar-refractivity contribution in [1.82, 2.24) is 0 Å². The highest BCUT2D eigenvalue weighted by Gasteiger charge is 2.53. The average molecular weight is 361 g/mol. The average Bonchev–Trinajstić information content (AvgIpc) is 2.55. The second-order valence-corrected chi connectivity index (χ2v) is 9.46. The summed E-state index contributed by atoms with van der Waals surface area (Å²) in [6.07, 6.45) is 4.65. The smallest absolute Gasteiger partial charge is 0.164 e. The van der Waals surface area contributed by atoms with Crippen LogP contribution in [0.1, 0.15) is 95.9 Å². The fraction of sp³-hybridized carbons (Fsp3) is 0.739. The van der Waals surface area contributed by atoms with Crippen LogP contribution in [0.15, 0.2) is 6.07 Å². The second-order valence-electron chi connectivity index (χ2n) is 9.46. The van der Waals surface area contributed by atoms with E-state index in [1.807, 2.05) is 0 Å². The number of aromatic hydroxyl groups is 1. The van der Waals surface area contributed by atoms with Crippen molar-refractivity contribution in [2.24, 2.45) is 11.3 Å². The monoisotopic (exact) mass is 360 g/mol. The van der Waals surface area contributed by atoms with E-state index in [2.05, 4.69) is 47.6 Å². The lowest BCUT2D eigenvalue weighted by Crippen LogP contribution is -2.49. The number of phenols is 1. The Balaban J connectivity index is 2.29. The molecule has 3 heteroatoms. The van der Waals surface area contributed by atoms with Crippen molar-refractivity contribution in [3.63, 3.8) is 0 Å². The van der Waals surface area contributed by atoms with Gasteiger partial charge in [-0.2, -0.15) is 0 Å². The summed E-state index contributed by atoms with van der Waals surface area (Å²) in [7, 11) is 1.67. The fourth-order valence-corrected chi connectivity index (χ4v) is 5.89. The van der Waals surface area contributed by atoms with Crippen LogP contribution in [0.3, 0.4) is 0 Å². The molecule has 0 spiro atoms. The summed E-state index contributed by atoms with van der Waals surface area (Å²) in [6, 6.07) is 2.25. The second kappa shape index (κ2) is 6.74. The van der Waals surface area contributed by atoms with Gasteiger partial charge in [0.1, 0.15) is 0 Å². The summed E-state index contributed by atoms with van der Waals surface area (Å²) in [4.78, 5) is 0. The molecule has 0 radical (unpaired) electrons. The molecule has 146 valence electrons. The minimum absolute atomic E-state index is 0.0302. The van der Waals surface area contributed by atoms with E-state index < -0.39 is 0 Å². The van der Waals surface area contributed by atoms with Gasteiger partial charge in [-0.15, -0.1) is 0 Å². The molecule has 1 aromatic rings. The molecule has 2 aliphatic carbocycles. The Morgan fingerprint density at radius 3 is 2.50 bits per heavy atom. The van der Waals surface area contributed by atoms with Gasteiger partial charge >= 0.3 is 0 Å². The van der Waals surface area contributed by atoms with Gasteiger partial charge in [-0.05, 0) is 55.1 Å². The summed E-state index contributed by atoms with van der Waals surface area (Å²) in [5.74, 6) is 1.78. The van der Waals surface area contributed by atoms with E-state index in [-0.39, 0.29) is 22.9 Å². The maximum absolute atomic E-state index is 11.3. The maximum atomic E-state index is 11.3. The zero-order valence-corrected chi connectivity index (χ0v) is 17.6. The number of fused-ring (bicyclic) bond motifs is 3. The molecule has 0 aliphatic heterocycles. The van der Waals surface area contributed by atoms with Crippen LogP contribution in [0.5, 0.6) is 11.5 Å². The largest absolute Gasteiger partial charge is 0.504 e. The number of phenolic OH excluding ortho intramolecular Hbond substituents is 1. The van der Waals surface area contributed by atoms with E-state index in [9.17, 15) is 5.11 Å². The number of methoxy groups -OCH3 is 1. The SMILES string of the molecule is CCO[C@H]1CC2C(C)(C)CCC[C@]2(C)c2c1cc(C(C)C)c(OC)c2O. The lowest BCUT2D eigenvalue weighted by Gasteiger charge is -2.56. The van der Waals surface area contributed by atoms with E-state index >= 15 is 0 Å². The van der Waals surface area contributed by atoms with Crippen LogP contribution in [0.4, 0.5) is 0 Å². The first-order valence-corrected chi connectivity index (χ1v) is 10.2. The van der Waals surface area contributed by atoms with Crippen molar-refractivity contribution in [2.45, 2.75) is 84.7 Å². The Hall–Kier alpha value is -1.22. The Bertz CT molecular complexity index is 677. The van der Waals surface area contributed by atoms with Crippen LogP contribution >= 0.6 is 0 Å². The van der Waals surface area contributed by atoms with Gasteiger partial charge in [0.15, 0.2) is 11.5 Å². The highest BCUT2D eigenvalue weighted by molar-refractivity contribution is 5.60. The Labute approximate surface area is 159 Å². The van der Waals surface area contributed by atoms with Gasteiger partial charge in [0.2, 0.25) is 0 Å². The Morgan fingerprint density at radius 1 is 1.23 bits per heavy atom. The summed E-state index contributed by atoms with van der Waals surface area (Å²) in [5.41, 5.74) is 3.56. The molecule has 0 bridgehead atoms. The molecule has 0 heterocycles. The molecule has 1 fully saturated rings. The van der Waals surface area contributed by atoms with Gasteiger partial charge < -0.3 is 14.6 Å². The Morgan fingerprint density at radius 2 is 1.92 bits per heavy atom. The lowest BCUT2D eigenvalue weighted by atomic mass is 9.49. The van der Waals surface area contributed by atoms with E-state index in [4.69, 9.17) is 9.47 Å². The highest BCUT2D eigenvalue weighted by Crippen LogP contribution is 2.63. The van der Waals surface area contributed by atoms with E-state index in [1.54, 1.807) is 7.11 Å². The van der Waals surface area contributed by atoms with Gasteiger partial charge in [0.25, 0.3) is 0 Å². The van der Waals surface area contributed by atoms with Crippen LogP contribution < -0.4 is 4.74 Å². The lowest BCUT2D eigenvalue weighted by molar-refractivity contribution is -0.0367. The van der Waals surface area contributed by atoms with E-state index in [0.29, 0.717) is 24.0 Å². The molecule has 1 N–H and O–H groups in total. The predicted octanol–water partition coefficient (Wildman–Crippen LogP) is 6.09. The van der Waals surface area contributed by atoms with Gasteiger partial charge in [0.05, 0.1) is 13.2 Å². The third-order valence-corrected chi connectivity index (χ3v) is 7.11. The van der Waals surface area contributed by atoms with Crippen molar-refractivity contribution >= 4 is 0 Å². The fourth-order valence-electron chi connectivity index (χ4n) is 5.89. The molecule has 2 aliphatic rings. The van der Waals surface area contributed by atoms with E-state index in [0.717, 1.165) is 24.0 Å². The van der Waals surface area contributed by atoms with Crippen molar-refractivity contribution in [3.05, 3.63) is 22.8 Å². The zero-order valence-electron chi connectivity index (χ0n) is 17.6. The summed E-state index contributed by atoms with van der Waals surface area (Å²) >= 11 is 0. The Kier molecular flexibility index (Phi) is 5.07. The molecular formula is C23H36O3. The topological polar surface area (TPSA) is 38.7 Å². The molecule has 26 heavy (non-hydrogen) atoms. The standard InChI is InChI=1S/C23H36O3/c1-8-26-17-13-18-22(4,5)10-9-11-23(18,6)19-16(17)12-15(14(2)3)21(25-7)20(19)24/h12,14,17-18,24H,8-11,13H2,1-7H3/t17-,18?,23-/m0/s1. The van der Waals surface area contributed by atoms with Gasteiger partial charge in [-0.3, -0.25) is 0 Å². The normalized spacial score (nSPS) is 30.0. The third kappa shape index (κ3) is 2.83. The minimum atomic E-state index is -0.0302. The van der Waals surface area contributed by atoms with Gasteiger partial charge in [-0.1, -0.05) is 41.0 Å². The first-order valence-electron chi connectivity index (χ1n) is 10.2. The molecule has 0 amide bonds. The summed E-state index contributed by atoms with van der Waals surface area (Å²) < 4.78 is 11.9. The van der Waals surface area contributed by atoms with Crippen LogP contribution in [-0.2, 0) is 10.2 Å². The highest BCUT2D eigenvalue weighted by atomic mass is 16.5. The maximum Gasteiger partial charge on any atom is 0.164 e. The number of hydrogen-bond acceptors (Lipinski definition) is 3. The molecule has 0 saturated heterocycles. The van der Waals surface area contributed by atoms with Crippen molar-refractivity contribution in [3.8, 4) is 11.5 Å². The van der Waals surface area contributed by atoms with Crippen LogP contribution in [0, 0.1) is 11.3 Å². The quantitative estimate of drug-likeness (QED) is 0.706. The van der Waals surface area contributed by atoms with Crippen LogP contribution in [-0.4, -0.2) is 18.8 Å². The molecule has 3 rings (SSSR count). The van der Waals surface area contributed by atoms with Gasteiger partial charge in [0, 0.05) is 23.1 Å². The summed E-state index contributed by atoms with van der Waals surface area (Å²) in [5, 5.41) is 11.3. The van der Waals surface area contributed by atoms with Crippen molar-refractivity contribution in [2.75, 3.05) is 13.7 Å².